The molecular weight excluding hydrogens is 402 g/mol. The molecule has 4 nitrogen and oxygen atoms in total. The van der Waals surface area contributed by atoms with E-state index in [9.17, 15) is 18.4 Å². The molecule has 0 aliphatic rings. The Bertz CT molecular complexity index is 787. The van der Waals surface area contributed by atoms with Gasteiger partial charge in [0.1, 0.15) is 11.6 Å². The van der Waals surface area contributed by atoms with E-state index in [0.717, 1.165) is 15.4 Å². The van der Waals surface area contributed by atoms with Gasteiger partial charge in [-0.3, -0.25) is 9.59 Å². The summed E-state index contributed by atoms with van der Waals surface area (Å²) in [5.74, 6) is -3.05. The Kier molecular flexibility index (Phi) is 6.33. The van der Waals surface area contributed by atoms with Gasteiger partial charge in [-0.1, -0.05) is 12.1 Å². The van der Waals surface area contributed by atoms with Gasteiger partial charge in [-0.05, 0) is 34.1 Å². The summed E-state index contributed by atoms with van der Waals surface area (Å²) in [4.78, 5) is 23.9. The smallest absolute Gasteiger partial charge is 0.251 e. The lowest BCUT2D eigenvalue weighted by atomic mass is 10.1. The normalized spacial score (nSPS) is 10.5. The quantitative estimate of drug-likeness (QED) is 0.702. The molecule has 0 fully saturated rings. The van der Waals surface area contributed by atoms with Crippen LogP contribution in [0.1, 0.15) is 16.8 Å². The van der Waals surface area contributed by atoms with Gasteiger partial charge in [0.25, 0.3) is 5.91 Å². The zero-order valence-electron chi connectivity index (χ0n) is 12.3. The highest BCUT2D eigenvalue weighted by Crippen LogP contribution is 2.27. The van der Waals surface area contributed by atoms with Crippen LogP contribution in [0.4, 0.5) is 14.5 Å². The van der Waals surface area contributed by atoms with Gasteiger partial charge < -0.3 is 11.1 Å². The number of amides is 2. The molecule has 0 aromatic heterocycles. The van der Waals surface area contributed by atoms with Crippen LogP contribution in [-0.2, 0) is 4.79 Å². The van der Waals surface area contributed by atoms with Crippen molar-refractivity contribution in [2.24, 2.45) is 5.73 Å². The Morgan fingerprint density at radius 2 is 1.88 bits per heavy atom. The van der Waals surface area contributed by atoms with Gasteiger partial charge in [0.05, 0.1) is 11.3 Å². The van der Waals surface area contributed by atoms with Crippen molar-refractivity contribution in [2.45, 2.75) is 11.3 Å². The summed E-state index contributed by atoms with van der Waals surface area (Å²) in [7, 11) is 0. The van der Waals surface area contributed by atoms with Crippen LogP contribution in [0.15, 0.2) is 45.8 Å². The number of nitrogens with two attached hydrogens (primary N) is 1. The number of hydrogen-bond acceptors (Lipinski definition) is 3. The van der Waals surface area contributed by atoms with Crippen molar-refractivity contribution >= 4 is 45.2 Å². The highest BCUT2D eigenvalue weighted by Gasteiger charge is 2.15. The van der Waals surface area contributed by atoms with E-state index in [0.29, 0.717) is 11.8 Å². The van der Waals surface area contributed by atoms with Gasteiger partial charge in [-0.25, -0.2) is 8.78 Å². The monoisotopic (exact) mass is 414 g/mol. The first-order chi connectivity index (χ1) is 11.4. The Morgan fingerprint density at radius 1 is 1.17 bits per heavy atom. The lowest BCUT2D eigenvalue weighted by Gasteiger charge is -2.09. The summed E-state index contributed by atoms with van der Waals surface area (Å²) in [6.45, 7) is 0. The van der Waals surface area contributed by atoms with Crippen LogP contribution in [0, 0.1) is 11.6 Å². The molecule has 126 valence electrons. The highest BCUT2D eigenvalue weighted by molar-refractivity contribution is 9.10. The minimum atomic E-state index is -1.07. The van der Waals surface area contributed by atoms with Gasteiger partial charge in [0, 0.05) is 27.6 Å². The van der Waals surface area contributed by atoms with E-state index in [4.69, 9.17) is 5.73 Å². The molecule has 0 saturated heterocycles. The van der Waals surface area contributed by atoms with Crippen LogP contribution in [0.25, 0.3) is 0 Å². The van der Waals surface area contributed by atoms with E-state index >= 15 is 0 Å². The van der Waals surface area contributed by atoms with Crippen molar-refractivity contribution in [3.8, 4) is 0 Å². The molecule has 24 heavy (non-hydrogen) atoms. The Balaban J connectivity index is 1.96. The van der Waals surface area contributed by atoms with E-state index in [1.165, 1.54) is 11.8 Å². The van der Waals surface area contributed by atoms with Crippen molar-refractivity contribution in [3.05, 3.63) is 58.1 Å². The Morgan fingerprint density at radius 3 is 2.54 bits per heavy atom. The Labute approximate surface area is 149 Å². The minimum absolute atomic E-state index is 0.120. The van der Waals surface area contributed by atoms with Gasteiger partial charge in [0.2, 0.25) is 5.91 Å². The molecule has 0 saturated carbocycles. The predicted molar refractivity (Wildman–Crippen MR) is 93.0 cm³/mol. The molecule has 0 aliphatic heterocycles. The van der Waals surface area contributed by atoms with Crippen molar-refractivity contribution in [2.75, 3.05) is 11.1 Å². The second-order valence-electron chi connectivity index (χ2n) is 4.75. The number of carbonyl (C=O) groups excluding carboxylic acids is 2. The SMILES string of the molecule is NC(=O)c1cc(NC(=O)CCSc2ccccc2Br)c(F)cc1F. The summed E-state index contributed by atoms with van der Waals surface area (Å²) in [6, 6.07) is 8.98. The third-order valence-corrected chi connectivity index (χ3v) is 5.05. The fourth-order valence-corrected chi connectivity index (χ4v) is 3.38. The van der Waals surface area contributed by atoms with Crippen LogP contribution < -0.4 is 11.1 Å². The van der Waals surface area contributed by atoms with Gasteiger partial charge in [-0.15, -0.1) is 11.8 Å². The number of hydrogen-bond donors (Lipinski definition) is 2. The minimum Gasteiger partial charge on any atom is -0.366 e. The number of carbonyl (C=O) groups is 2. The second-order valence-corrected chi connectivity index (χ2v) is 6.74. The fourth-order valence-electron chi connectivity index (χ4n) is 1.86. The first-order valence-corrected chi connectivity index (χ1v) is 8.62. The van der Waals surface area contributed by atoms with Gasteiger partial charge in [-0.2, -0.15) is 0 Å². The zero-order valence-corrected chi connectivity index (χ0v) is 14.7. The molecule has 8 heteroatoms. The third-order valence-electron chi connectivity index (χ3n) is 3.02. The van der Waals surface area contributed by atoms with Crippen molar-refractivity contribution < 1.29 is 18.4 Å². The average Bonchev–Trinajstić information content (AvgIpc) is 2.51. The number of benzene rings is 2. The number of halogens is 3. The summed E-state index contributed by atoms with van der Waals surface area (Å²) < 4.78 is 28.0. The first-order valence-electron chi connectivity index (χ1n) is 6.84. The average molecular weight is 415 g/mol. The molecule has 2 aromatic rings. The predicted octanol–water partition coefficient (Wildman–Crippen LogP) is 3.95. The van der Waals surface area contributed by atoms with Crippen molar-refractivity contribution in [1.82, 2.24) is 0 Å². The summed E-state index contributed by atoms with van der Waals surface area (Å²) in [6.07, 6.45) is 0.120. The van der Waals surface area contributed by atoms with E-state index in [1.807, 2.05) is 24.3 Å². The molecule has 0 heterocycles. The molecular formula is C16H13BrF2N2O2S. The third kappa shape index (κ3) is 4.78. The second kappa shape index (κ2) is 8.25. The van der Waals surface area contributed by atoms with Gasteiger partial charge >= 0.3 is 0 Å². The number of anilines is 1. The summed E-state index contributed by atoms with van der Waals surface area (Å²) >= 11 is 4.87. The van der Waals surface area contributed by atoms with Crippen LogP contribution in [0.5, 0.6) is 0 Å². The molecule has 0 aliphatic carbocycles. The molecule has 3 N–H and O–H groups in total. The first kappa shape index (κ1) is 18.4. The molecule has 0 spiro atoms. The lowest BCUT2D eigenvalue weighted by molar-refractivity contribution is -0.115. The number of primary amides is 1. The summed E-state index contributed by atoms with van der Waals surface area (Å²) in [5, 5.41) is 2.32. The molecule has 2 aromatic carbocycles. The maximum atomic E-state index is 13.7. The molecule has 2 rings (SSSR count). The van der Waals surface area contributed by atoms with Crippen LogP contribution in [0.3, 0.4) is 0 Å². The fraction of sp³-hybridized carbons (Fsp3) is 0.125. The van der Waals surface area contributed by atoms with E-state index in [-0.39, 0.29) is 12.1 Å². The lowest BCUT2D eigenvalue weighted by Crippen LogP contribution is -2.17. The van der Waals surface area contributed by atoms with Crippen LogP contribution in [0.2, 0.25) is 0 Å². The molecule has 0 radical (unpaired) electrons. The van der Waals surface area contributed by atoms with E-state index in [2.05, 4.69) is 21.2 Å². The number of thioether (sulfide) groups is 1. The maximum Gasteiger partial charge on any atom is 0.251 e. The van der Waals surface area contributed by atoms with E-state index < -0.39 is 29.0 Å². The van der Waals surface area contributed by atoms with Gasteiger partial charge in [0.15, 0.2) is 0 Å². The number of nitrogens with one attached hydrogen (secondary N) is 1. The Hall–Kier alpha value is -1.93. The topological polar surface area (TPSA) is 72.2 Å². The largest absolute Gasteiger partial charge is 0.366 e. The van der Waals surface area contributed by atoms with Crippen molar-refractivity contribution in [1.29, 1.82) is 0 Å². The standard InChI is InChI=1S/C16H13BrF2N2O2S/c17-10-3-1-2-4-14(10)24-6-5-15(22)21-13-7-9(16(20)23)11(18)8-12(13)19/h1-4,7-8H,5-6H2,(H2,20,23)(H,21,22). The van der Waals surface area contributed by atoms with E-state index in [1.54, 1.807) is 0 Å². The summed E-state index contributed by atoms with van der Waals surface area (Å²) in [5.41, 5.74) is 4.25. The molecule has 0 unspecified atom stereocenters. The number of rotatable bonds is 6. The highest BCUT2D eigenvalue weighted by atomic mass is 79.9. The zero-order chi connectivity index (χ0) is 17.7. The maximum absolute atomic E-state index is 13.7. The molecule has 2 amide bonds. The van der Waals surface area contributed by atoms with Crippen molar-refractivity contribution in [3.63, 3.8) is 0 Å². The molecule has 0 atom stereocenters. The van der Waals surface area contributed by atoms with Crippen LogP contribution in [-0.4, -0.2) is 17.6 Å². The molecule has 0 bridgehead atoms. The van der Waals surface area contributed by atoms with Crippen LogP contribution >= 0.6 is 27.7 Å².